The van der Waals surface area contributed by atoms with Gasteiger partial charge in [0.05, 0.1) is 6.04 Å². The van der Waals surface area contributed by atoms with Crippen LogP contribution in [0, 0.1) is 5.92 Å². The lowest BCUT2D eigenvalue weighted by Crippen LogP contribution is -2.46. The Hall–Kier alpha value is -2.31. The van der Waals surface area contributed by atoms with Crippen molar-refractivity contribution >= 4 is 17.8 Å². The summed E-state index contributed by atoms with van der Waals surface area (Å²) >= 11 is 0. The number of primary amides is 2. The van der Waals surface area contributed by atoms with E-state index < -0.39 is 12.1 Å². The third kappa shape index (κ3) is 3.12. The highest BCUT2D eigenvalue weighted by atomic mass is 16.2. The minimum Gasteiger partial charge on any atom is -0.352 e. The van der Waals surface area contributed by atoms with Gasteiger partial charge in [0.15, 0.2) is 0 Å². The normalized spacial score (nSPS) is 27.4. The van der Waals surface area contributed by atoms with Crippen LogP contribution in [0.4, 0.5) is 9.59 Å². The number of rotatable bonds is 2. The van der Waals surface area contributed by atoms with E-state index in [-0.39, 0.29) is 12.0 Å². The molecule has 2 atom stereocenters. The van der Waals surface area contributed by atoms with Crippen molar-refractivity contribution in [2.75, 3.05) is 0 Å². The number of fused-ring (bicyclic) bond motifs is 1. The molecule has 0 radical (unpaired) electrons. The number of hydrogen-bond donors (Lipinski definition) is 4. The Labute approximate surface area is 110 Å². The molecule has 7 heteroatoms. The van der Waals surface area contributed by atoms with Crippen molar-refractivity contribution in [3.8, 4) is 0 Å². The van der Waals surface area contributed by atoms with Crippen molar-refractivity contribution in [3.05, 3.63) is 23.8 Å². The number of allylic oxidation sites excluding steroid dienone is 3. The molecule has 2 rings (SSSR count). The van der Waals surface area contributed by atoms with Crippen LogP contribution >= 0.6 is 0 Å². The fourth-order valence-corrected chi connectivity index (χ4v) is 2.55. The van der Waals surface area contributed by atoms with E-state index in [9.17, 15) is 9.59 Å². The maximum atomic E-state index is 11.0. The lowest BCUT2D eigenvalue weighted by molar-refractivity contribution is 0.245. The highest BCUT2D eigenvalue weighted by Crippen LogP contribution is 2.33. The van der Waals surface area contributed by atoms with Crippen LogP contribution in [0.5, 0.6) is 0 Å². The number of urea groups is 2. The van der Waals surface area contributed by atoms with Gasteiger partial charge in [-0.2, -0.15) is 5.10 Å². The highest BCUT2D eigenvalue weighted by molar-refractivity contribution is 5.92. The Morgan fingerprint density at radius 1 is 1.32 bits per heavy atom. The van der Waals surface area contributed by atoms with Crippen LogP contribution in [-0.4, -0.2) is 23.8 Å². The number of amides is 4. The minimum absolute atomic E-state index is 0.0695. The maximum absolute atomic E-state index is 11.0. The first-order valence-corrected chi connectivity index (χ1v) is 6.12. The zero-order valence-electron chi connectivity index (χ0n) is 10.4. The first-order valence-electron chi connectivity index (χ1n) is 6.12. The van der Waals surface area contributed by atoms with Crippen LogP contribution in [0.25, 0.3) is 0 Å². The Morgan fingerprint density at radius 2 is 2.11 bits per heavy atom. The Balaban J connectivity index is 2.17. The predicted molar refractivity (Wildman–Crippen MR) is 71.2 cm³/mol. The molecule has 2 aliphatic carbocycles. The molecule has 102 valence electrons. The first kappa shape index (κ1) is 13.1. The van der Waals surface area contributed by atoms with Gasteiger partial charge in [0.25, 0.3) is 0 Å². The Morgan fingerprint density at radius 3 is 2.79 bits per heavy atom. The number of hydrazone groups is 1. The van der Waals surface area contributed by atoms with Crippen LogP contribution < -0.4 is 22.2 Å². The largest absolute Gasteiger partial charge is 0.352 e. The number of nitrogens with zero attached hydrogens (tertiary/aromatic N) is 1. The maximum Gasteiger partial charge on any atom is 0.332 e. The average molecular weight is 263 g/mol. The second-order valence-electron chi connectivity index (χ2n) is 4.56. The number of hydrogen-bond acceptors (Lipinski definition) is 3. The molecule has 0 heterocycles. The molecule has 2 unspecified atom stereocenters. The molecule has 1 fully saturated rings. The molecule has 0 aromatic carbocycles. The third-order valence-corrected chi connectivity index (χ3v) is 3.32. The van der Waals surface area contributed by atoms with E-state index in [1.807, 2.05) is 18.2 Å². The number of carbonyl (C=O) groups is 2. The van der Waals surface area contributed by atoms with Gasteiger partial charge in [0.2, 0.25) is 0 Å². The molecule has 1 saturated carbocycles. The van der Waals surface area contributed by atoms with Gasteiger partial charge in [-0.3, -0.25) is 0 Å². The monoisotopic (exact) mass is 263 g/mol. The second-order valence-corrected chi connectivity index (χ2v) is 4.56. The number of carbonyl (C=O) groups excluding carboxylic acids is 2. The molecule has 19 heavy (non-hydrogen) atoms. The summed E-state index contributed by atoms with van der Waals surface area (Å²) in [6.07, 6.45) is 8.13. The Bertz CT molecular complexity index is 481. The number of nitrogens with two attached hydrogens (primary N) is 2. The van der Waals surface area contributed by atoms with Crippen molar-refractivity contribution < 1.29 is 9.59 Å². The topological polar surface area (TPSA) is 123 Å². The molecule has 2 aliphatic rings. The van der Waals surface area contributed by atoms with Gasteiger partial charge in [-0.1, -0.05) is 18.2 Å². The lowest BCUT2D eigenvalue weighted by atomic mass is 9.75. The van der Waals surface area contributed by atoms with Gasteiger partial charge >= 0.3 is 12.1 Å². The summed E-state index contributed by atoms with van der Waals surface area (Å²) in [5.74, 6) is 0.0856. The highest BCUT2D eigenvalue weighted by Gasteiger charge is 2.32. The van der Waals surface area contributed by atoms with Crippen molar-refractivity contribution in [1.82, 2.24) is 10.7 Å². The molecule has 0 bridgehead atoms. The van der Waals surface area contributed by atoms with E-state index in [1.54, 1.807) is 0 Å². The van der Waals surface area contributed by atoms with Crippen LogP contribution in [0.2, 0.25) is 0 Å². The molecule has 7 nitrogen and oxygen atoms in total. The van der Waals surface area contributed by atoms with Crippen LogP contribution in [0.15, 0.2) is 28.9 Å². The van der Waals surface area contributed by atoms with E-state index in [0.717, 1.165) is 17.7 Å². The quantitative estimate of drug-likeness (QED) is 0.537. The van der Waals surface area contributed by atoms with E-state index in [4.69, 9.17) is 11.5 Å². The zero-order chi connectivity index (χ0) is 13.8. The standard InChI is InChI=1S/C12H17N5O2/c13-11(18)15-9-5-6-10(16-17-12(14)19)8-4-2-1-3-7(8)9/h1-3,8-9H,4-6H2,(H3,13,15,18)(H3,14,17,19). The fraction of sp³-hybridized carbons (Fsp3) is 0.417. The molecule has 6 N–H and O–H groups in total. The van der Waals surface area contributed by atoms with Gasteiger partial charge in [-0.25, -0.2) is 15.0 Å². The van der Waals surface area contributed by atoms with Gasteiger partial charge in [0, 0.05) is 11.6 Å². The second kappa shape index (κ2) is 5.55. The van der Waals surface area contributed by atoms with Gasteiger partial charge < -0.3 is 16.8 Å². The zero-order valence-corrected chi connectivity index (χ0v) is 10.4. The van der Waals surface area contributed by atoms with E-state index in [2.05, 4.69) is 15.8 Å². The Kier molecular flexibility index (Phi) is 3.84. The minimum atomic E-state index is -0.679. The average Bonchev–Trinajstić information content (AvgIpc) is 2.37. The van der Waals surface area contributed by atoms with Crippen LogP contribution in [0.3, 0.4) is 0 Å². The molecular formula is C12H17N5O2. The molecular weight excluding hydrogens is 246 g/mol. The summed E-state index contributed by atoms with van der Waals surface area (Å²) in [7, 11) is 0. The predicted octanol–water partition coefficient (Wildman–Crippen LogP) is 0.344. The molecule has 4 amide bonds. The first-order chi connectivity index (χ1) is 9.08. The van der Waals surface area contributed by atoms with E-state index in [1.165, 1.54) is 0 Å². The van der Waals surface area contributed by atoms with Crippen LogP contribution in [0.1, 0.15) is 19.3 Å². The number of nitrogens with one attached hydrogen (secondary N) is 2. The van der Waals surface area contributed by atoms with E-state index >= 15 is 0 Å². The van der Waals surface area contributed by atoms with Gasteiger partial charge in [-0.15, -0.1) is 0 Å². The molecule has 0 saturated heterocycles. The summed E-state index contributed by atoms with van der Waals surface area (Å²) in [6, 6.07) is -1.28. The SMILES string of the molecule is NC(=O)NN=C1CCC(NC(N)=O)C2=CC=CCC21. The molecule has 0 aromatic heterocycles. The molecule has 0 aromatic rings. The smallest absolute Gasteiger partial charge is 0.332 e. The summed E-state index contributed by atoms with van der Waals surface area (Å²) in [5.41, 5.74) is 14.4. The van der Waals surface area contributed by atoms with Gasteiger partial charge in [-0.05, 0) is 24.8 Å². The van der Waals surface area contributed by atoms with E-state index in [0.29, 0.717) is 12.8 Å². The molecule has 0 spiro atoms. The van der Waals surface area contributed by atoms with Crippen molar-refractivity contribution in [2.24, 2.45) is 22.5 Å². The lowest BCUT2D eigenvalue weighted by Gasteiger charge is -2.34. The van der Waals surface area contributed by atoms with Crippen LogP contribution in [-0.2, 0) is 0 Å². The summed E-state index contributed by atoms with van der Waals surface area (Å²) in [5, 5.41) is 6.79. The van der Waals surface area contributed by atoms with Crippen molar-refractivity contribution in [1.29, 1.82) is 0 Å². The summed E-state index contributed by atoms with van der Waals surface area (Å²) < 4.78 is 0. The molecule has 0 aliphatic heterocycles. The summed E-state index contributed by atoms with van der Waals surface area (Å²) in [4.78, 5) is 21.7. The third-order valence-electron chi connectivity index (χ3n) is 3.32. The fourth-order valence-electron chi connectivity index (χ4n) is 2.55. The van der Waals surface area contributed by atoms with Crippen molar-refractivity contribution in [3.63, 3.8) is 0 Å². The summed E-state index contributed by atoms with van der Waals surface area (Å²) in [6.45, 7) is 0. The van der Waals surface area contributed by atoms with Crippen molar-refractivity contribution in [2.45, 2.75) is 25.3 Å². The van der Waals surface area contributed by atoms with Gasteiger partial charge in [0.1, 0.15) is 0 Å².